The number of hydrogen-bond acceptors (Lipinski definition) is 4. The molecule has 5 heteroatoms. The van der Waals surface area contributed by atoms with Crippen molar-refractivity contribution in [3.63, 3.8) is 0 Å². The molecule has 0 saturated heterocycles. The smallest absolute Gasteiger partial charge is 0.187 e. The van der Waals surface area contributed by atoms with Crippen LogP contribution in [0, 0.1) is 5.82 Å². The molecule has 4 nitrogen and oxygen atoms in total. The third-order valence-corrected chi connectivity index (χ3v) is 3.94. The van der Waals surface area contributed by atoms with Gasteiger partial charge in [-0.2, -0.15) is 0 Å². The highest BCUT2D eigenvalue weighted by Crippen LogP contribution is 2.08. The summed E-state index contributed by atoms with van der Waals surface area (Å²) in [6.07, 6.45) is 3.77. The first-order valence-electron chi connectivity index (χ1n) is 8.68. The molecule has 0 fully saturated rings. The normalized spacial score (nSPS) is 11.8. The van der Waals surface area contributed by atoms with Gasteiger partial charge in [0.25, 0.3) is 0 Å². The number of carbonyl (C=O) groups is 1. The van der Waals surface area contributed by atoms with Gasteiger partial charge in [-0.25, -0.2) is 4.39 Å². The monoisotopic (exact) mass is 336 g/mol. The van der Waals surface area contributed by atoms with Gasteiger partial charge in [-0.05, 0) is 63.2 Å². The largest absolute Gasteiger partial charge is 0.396 e. The zero-order valence-corrected chi connectivity index (χ0v) is 14.7. The molecule has 2 N–H and O–H groups in total. The Labute approximate surface area is 144 Å². The minimum absolute atomic E-state index is 0.0865. The van der Waals surface area contributed by atoms with Crippen LogP contribution in [0.3, 0.4) is 0 Å². The Hall–Kier alpha value is -1.72. The number of nitrogens with zero attached hydrogens (tertiary/aromatic N) is 1. The highest BCUT2D eigenvalue weighted by molar-refractivity contribution is 6.04. The van der Waals surface area contributed by atoms with Crippen molar-refractivity contribution in [2.75, 3.05) is 32.8 Å². The lowest BCUT2D eigenvalue weighted by Gasteiger charge is -2.18. The van der Waals surface area contributed by atoms with Gasteiger partial charge < -0.3 is 15.3 Å². The Balaban J connectivity index is 2.59. The molecule has 0 radical (unpaired) electrons. The summed E-state index contributed by atoms with van der Waals surface area (Å²) in [5, 5.41) is 12.3. The first-order valence-corrected chi connectivity index (χ1v) is 8.68. The van der Waals surface area contributed by atoms with Crippen LogP contribution in [-0.4, -0.2) is 48.6 Å². The minimum Gasteiger partial charge on any atom is -0.396 e. The average molecular weight is 336 g/mol. The van der Waals surface area contributed by atoms with E-state index in [2.05, 4.69) is 24.1 Å². The summed E-state index contributed by atoms with van der Waals surface area (Å²) in [5.41, 5.74) is 1.28. The predicted molar refractivity (Wildman–Crippen MR) is 95.5 cm³/mol. The van der Waals surface area contributed by atoms with Gasteiger partial charge in [-0.3, -0.25) is 4.79 Å². The molecule has 0 aliphatic carbocycles. The molecule has 0 aliphatic rings. The molecule has 0 aliphatic heterocycles. The molecule has 134 valence electrons. The van der Waals surface area contributed by atoms with Gasteiger partial charge in [0.15, 0.2) is 5.78 Å². The lowest BCUT2D eigenvalue weighted by molar-refractivity contribution is 0.104. The van der Waals surface area contributed by atoms with Crippen LogP contribution in [0.5, 0.6) is 0 Å². The van der Waals surface area contributed by atoms with E-state index >= 15 is 0 Å². The molecule has 1 aromatic rings. The number of ketones is 1. The lowest BCUT2D eigenvalue weighted by Crippen LogP contribution is -2.27. The quantitative estimate of drug-likeness (QED) is 0.350. The maximum atomic E-state index is 12.9. The fourth-order valence-corrected chi connectivity index (χ4v) is 2.43. The summed E-state index contributed by atoms with van der Waals surface area (Å²) in [6.45, 7) is 8.24. The van der Waals surface area contributed by atoms with Crippen molar-refractivity contribution in [2.24, 2.45) is 0 Å². The molecule has 0 saturated carbocycles. The second-order valence-electron chi connectivity index (χ2n) is 5.68. The highest BCUT2D eigenvalue weighted by atomic mass is 19.1. The molecule has 0 heterocycles. The van der Waals surface area contributed by atoms with Crippen molar-refractivity contribution < 1.29 is 14.3 Å². The van der Waals surface area contributed by atoms with Gasteiger partial charge in [0, 0.05) is 30.5 Å². The molecule has 0 atom stereocenters. The molecule has 0 unspecified atom stereocenters. The van der Waals surface area contributed by atoms with Gasteiger partial charge in [-0.15, -0.1) is 0 Å². The summed E-state index contributed by atoms with van der Waals surface area (Å²) in [5.74, 6) is -0.509. The molecule has 24 heavy (non-hydrogen) atoms. The summed E-state index contributed by atoms with van der Waals surface area (Å²) in [6, 6.07) is 5.54. The second kappa shape index (κ2) is 11.8. The summed E-state index contributed by atoms with van der Waals surface area (Å²) >= 11 is 0. The Morgan fingerprint density at radius 1 is 1.21 bits per heavy atom. The number of hydrogen-bond donors (Lipinski definition) is 2. The van der Waals surface area contributed by atoms with E-state index in [0.29, 0.717) is 18.4 Å². The molecule has 0 bridgehead atoms. The van der Waals surface area contributed by atoms with E-state index in [1.165, 1.54) is 24.3 Å². The number of halogens is 1. The van der Waals surface area contributed by atoms with Crippen LogP contribution in [0.4, 0.5) is 4.39 Å². The van der Waals surface area contributed by atoms with Gasteiger partial charge in [0.2, 0.25) is 0 Å². The van der Waals surface area contributed by atoms with E-state index in [9.17, 15) is 9.18 Å². The molecule has 0 amide bonds. The summed E-state index contributed by atoms with van der Waals surface area (Å²) in [4.78, 5) is 14.6. The Kier molecular flexibility index (Phi) is 9.96. The van der Waals surface area contributed by atoms with Crippen molar-refractivity contribution >= 4 is 5.78 Å². The van der Waals surface area contributed by atoms with Gasteiger partial charge in [0.1, 0.15) is 5.82 Å². The standard InChI is InChI=1S/C19H29FN2O2/c1-3-22(4-2)13-6-12-21-18(7-5-14-23)15-19(24)16-8-10-17(20)11-9-16/h8-11,15,21,23H,3-7,12-14H2,1-2H3/b18-15+. The average Bonchev–Trinajstić information content (AvgIpc) is 2.60. The molecule has 0 aromatic heterocycles. The number of nitrogens with one attached hydrogen (secondary N) is 1. The van der Waals surface area contributed by atoms with Crippen molar-refractivity contribution in [3.05, 3.63) is 47.4 Å². The van der Waals surface area contributed by atoms with Crippen molar-refractivity contribution in [3.8, 4) is 0 Å². The third kappa shape index (κ3) is 7.70. The van der Waals surface area contributed by atoms with Gasteiger partial charge in [0.05, 0.1) is 0 Å². The summed E-state index contributed by atoms with van der Waals surface area (Å²) < 4.78 is 12.9. The van der Waals surface area contributed by atoms with Crippen LogP contribution in [0.15, 0.2) is 36.0 Å². The third-order valence-electron chi connectivity index (χ3n) is 3.94. The molecule has 1 aromatic carbocycles. The number of aliphatic hydroxyl groups is 1. The highest BCUT2D eigenvalue weighted by Gasteiger charge is 2.06. The fraction of sp³-hybridized carbons (Fsp3) is 0.526. The SMILES string of the molecule is CCN(CC)CCCN/C(=C/C(=O)c1ccc(F)cc1)CCCO. The number of allylic oxidation sites excluding steroid dienone is 2. The van der Waals surface area contributed by atoms with E-state index in [-0.39, 0.29) is 18.2 Å². The van der Waals surface area contributed by atoms with Crippen molar-refractivity contribution in [2.45, 2.75) is 33.1 Å². The molecular weight excluding hydrogens is 307 g/mol. The van der Waals surface area contributed by atoms with E-state index in [1.54, 1.807) is 6.08 Å². The zero-order chi connectivity index (χ0) is 17.8. The first kappa shape index (κ1) is 20.3. The van der Waals surface area contributed by atoms with E-state index in [4.69, 9.17) is 5.11 Å². The Morgan fingerprint density at radius 3 is 2.46 bits per heavy atom. The molecule has 0 spiro atoms. The predicted octanol–water partition coefficient (Wildman–Crippen LogP) is 2.99. The van der Waals surface area contributed by atoms with Crippen molar-refractivity contribution in [1.82, 2.24) is 10.2 Å². The molecular formula is C19H29FN2O2. The topological polar surface area (TPSA) is 52.6 Å². The fourth-order valence-electron chi connectivity index (χ4n) is 2.43. The van der Waals surface area contributed by atoms with Crippen LogP contribution in [0.25, 0.3) is 0 Å². The second-order valence-corrected chi connectivity index (χ2v) is 5.68. The first-order chi connectivity index (χ1) is 11.6. The Bertz CT molecular complexity index is 511. The van der Waals surface area contributed by atoms with Crippen LogP contribution in [0.2, 0.25) is 0 Å². The lowest BCUT2D eigenvalue weighted by atomic mass is 10.1. The van der Waals surface area contributed by atoms with Crippen LogP contribution in [-0.2, 0) is 0 Å². The van der Waals surface area contributed by atoms with Crippen molar-refractivity contribution in [1.29, 1.82) is 0 Å². The summed E-state index contributed by atoms with van der Waals surface area (Å²) in [7, 11) is 0. The Morgan fingerprint density at radius 2 is 1.88 bits per heavy atom. The van der Waals surface area contributed by atoms with Gasteiger partial charge in [-0.1, -0.05) is 13.8 Å². The van der Waals surface area contributed by atoms with E-state index in [0.717, 1.165) is 38.3 Å². The maximum absolute atomic E-state index is 12.9. The van der Waals surface area contributed by atoms with Gasteiger partial charge >= 0.3 is 0 Å². The maximum Gasteiger partial charge on any atom is 0.187 e. The number of carbonyl (C=O) groups excluding carboxylic acids is 1. The van der Waals surface area contributed by atoms with E-state index < -0.39 is 0 Å². The van der Waals surface area contributed by atoms with Crippen LogP contribution < -0.4 is 5.32 Å². The number of aliphatic hydroxyl groups excluding tert-OH is 1. The van der Waals surface area contributed by atoms with Crippen LogP contribution >= 0.6 is 0 Å². The van der Waals surface area contributed by atoms with E-state index in [1.807, 2.05) is 0 Å². The zero-order valence-electron chi connectivity index (χ0n) is 14.7. The minimum atomic E-state index is -0.356. The number of rotatable bonds is 12. The number of benzene rings is 1. The molecule has 1 rings (SSSR count). The van der Waals surface area contributed by atoms with Crippen LogP contribution in [0.1, 0.15) is 43.5 Å².